The van der Waals surface area contributed by atoms with Crippen molar-refractivity contribution in [3.05, 3.63) is 94.9 Å². The fraction of sp³-hybridized carbons (Fsp3) is 0.130. The number of aryl methyl sites for hydroxylation is 1. The largest absolute Gasteiger partial charge is 0.573 e. The van der Waals surface area contributed by atoms with Gasteiger partial charge >= 0.3 is 6.36 Å². The molecule has 0 bridgehead atoms. The normalized spacial score (nSPS) is 11.4. The number of nitrogens with zero attached hydrogens (tertiary/aromatic N) is 3. The second-order valence-corrected chi connectivity index (χ2v) is 7.23. The van der Waals surface area contributed by atoms with E-state index in [0.29, 0.717) is 23.5 Å². The first kappa shape index (κ1) is 22.1. The standard InChI is InChI=1S/C23H18F4N4O2/c1-30-13-16(12-29-30)20-14-31(18-6-8-19(9-7-18)33-23(25,26)27)22(32)10-21(20)28-11-15-2-4-17(24)5-3-15/h2-10,12-14,28H,11H2,1H3. The molecular formula is C23H18F4N4O2. The zero-order chi connectivity index (χ0) is 23.6. The molecule has 0 spiro atoms. The molecule has 2 aromatic carbocycles. The third kappa shape index (κ3) is 5.40. The van der Waals surface area contributed by atoms with Crippen molar-refractivity contribution in [2.45, 2.75) is 12.9 Å². The number of aromatic nitrogens is 3. The minimum atomic E-state index is -4.80. The lowest BCUT2D eigenvalue weighted by Crippen LogP contribution is -2.19. The minimum Gasteiger partial charge on any atom is -0.406 e. The number of halogens is 4. The van der Waals surface area contributed by atoms with Gasteiger partial charge in [0.05, 0.1) is 6.20 Å². The van der Waals surface area contributed by atoms with E-state index in [4.69, 9.17) is 0 Å². The van der Waals surface area contributed by atoms with Crippen LogP contribution in [0.15, 0.2) is 78.0 Å². The van der Waals surface area contributed by atoms with Crippen LogP contribution in [0.25, 0.3) is 16.8 Å². The number of hydrogen-bond acceptors (Lipinski definition) is 4. The Morgan fingerprint density at radius 1 is 1.03 bits per heavy atom. The number of nitrogens with one attached hydrogen (secondary N) is 1. The summed E-state index contributed by atoms with van der Waals surface area (Å²) in [5.41, 5.74) is 2.70. The van der Waals surface area contributed by atoms with Gasteiger partial charge in [-0.2, -0.15) is 5.10 Å². The Labute approximate surface area is 185 Å². The first-order chi connectivity index (χ1) is 15.7. The van der Waals surface area contributed by atoms with E-state index in [9.17, 15) is 22.4 Å². The first-order valence-electron chi connectivity index (χ1n) is 9.78. The summed E-state index contributed by atoms with van der Waals surface area (Å²) in [5.74, 6) is -0.728. The van der Waals surface area contributed by atoms with E-state index in [-0.39, 0.29) is 11.6 Å². The van der Waals surface area contributed by atoms with Crippen LogP contribution in [0, 0.1) is 5.82 Å². The van der Waals surface area contributed by atoms with Crippen molar-refractivity contribution in [2.75, 3.05) is 5.32 Å². The van der Waals surface area contributed by atoms with Gasteiger partial charge in [-0.15, -0.1) is 13.2 Å². The number of ether oxygens (including phenoxy) is 1. The van der Waals surface area contributed by atoms with Gasteiger partial charge in [0.2, 0.25) is 0 Å². The van der Waals surface area contributed by atoms with Crippen LogP contribution < -0.4 is 15.6 Å². The Balaban J connectivity index is 1.69. The molecule has 4 rings (SSSR count). The minimum absolute atomic E-state index is 0.343. The Morgan fingerprint density at radius 2 is 1.73 bits per heavy atom. The zero-order valence-corrected chi connectivity index (χ0v) is 17.3. The van der Waals surface area contributed by atoms with E-state index in [1.165, 1.54) is 34.9 Å². The lowest BCUT2D eigenvalue weighted by Gasteiger charge is -2.15. The van der Waals surface area contributed by atoms with Crippen LogP contribution in [0.1, 0.15) is 5.56 Å². The number of hydrogen-bond donors (Lipinski definition) is 1. The Hall–Kier alpha value is -4.08. The molecule has 4 aromatic rings. The summed E-state index contributed by atoms with van der Waals surface area (Å²) in [6.07, 6.45) is 0.191. The van der Waals surface area contributed by atoms with E-state index >= 15 is 0 Å². The van der Waals surface area contributed by atoms with Crippen LogP contribution >= 0.6 is 0 Å². The van der Waals surface area contributed by atoms with Crippen LogP contribution in [0.4, 0.5) is 23.2 Å². The van der Waals surface area contributed by atoms with Crippen molar-refractivity contribution in [1.82, 2.24) is 14.3 Å². The van der Waals surface area contributed by atoms with Crippen molar-refractivity contribution in [2.24, 2.45) is 7.05 Å². The molecule has 0 fully saturated rings. The van der Waals surface area contributed by atoms with E-state index < -0.39 is 11.9 Å². The number of alkyl halides is 3. The highest BCUT2D eigenvalue weighted by molar-refractivity contribution is 5.76. The molecule has 0 aliphatic carbocycles. The van der Waals surface area contributed by atoms with Crippen molar-refractivity contribution in [3.63, 3.8) is 0 Å². The number of anilines is 1. The monoisotopic (exact) mass is 458 g/mol. The van der Waals surface area contributed by atoms with E-state index in [2.05, 4.69) is 15.2 Å². The Kier molecular flexibility index (Phi) is 5.91. The molecule has 10 heteroatoms. The summed E-state index contributed by atoms with van der Waals surface area (Å²) < 4.78 is 57.2. The van der Waals surface area contributed by atoms with Crippen LogP contribution in [0.3, 0.4) is 0 Å². The highest BCUT2D eigenvalue weighted by Gasteiger charge is 2.31. The third-order valence-corrected chi connectivity index (χ3v) is 4.81. The molecular weight excluding hydrogens is 440 g/mol. The van der Waals surface area contributed by atoms with Crippen molar-refractivity contribution >= 4 is 5.69 Å². The number of pyridine rings is 1. The molecule has 0 radical (unpaired) electrons. The van der Waals surface area contributed by atoms with Crippen LogP contribution in [0.5, 0.6) is 5.75 Å². The van der Waals surface area contributed by atoms with Gasteiger partial charge in [-0.1, -0.05) is 12.1 Å². The molecule has 0 aliphatic rings. The summed E-state index contributed by atoms with van der Waals surface area (Å²) in [4.78, 5) is 12.8. The number of rotatable bonds is 6. The van der Waals surface area contributed by atoms with Gasteiger partial charge in [-0.05, 0) is 42.0 Å². The molecule has 0 aliphatic heterocycles. The molecule has 0 atom stereocenters. The fourth-order valence-corrected chi connectivity index (χ4v) is 3.28. The highest BCUT2D eigenvalue weighted by atomic mass is 19.4. The Morgan fingerprint density at radius 3 is 2.33 bits per heavy atom. The van der Waals surface area contributed by atoms with Gasteiger partial charge in [-0.3, -0.25) is 14.0 Å². The van der Waals surface area contributed by atoms with Crippen molar-refractivity contribution in [3.8, 4) is 22.6 Å². The predicted molar refractivity (Wildman–Crippen MR) is 115 cm³/mol. The quantitative estimate of drug-likeness (QED) is 0.418. The Bertz CT molecular complexity index is 1310. The fourth-order valence-electron chi connectivity index (χ4n) is 3.28. The van der Waals surface area contributed by atoms with Gasteiger partial charge in [-0.25, -0.2) is 4.39 Å². The first-order valence-corrected chi connectivity index (χ1v) is 9.78. The average molecular weight is 458 g/mol. The van der Waals surface area contributed by atoms with Gasteiger partial charge in [0.25, 0.3) is 5.56 Å². The van der Waals surface area contributed by atoms with Gasteiger partial charge in [0, 0.05) is 54.6 Å². The zero-order valence-electron chi connectivity index (χ0n) is 17.3. The summed E-state index contributed by atoms with van der Waals surface area (Å²) in [6, 6.07) is 12.4. The summed E-state index contributed by atoms with van der Waals surface area (Å²) in [7, 11) is 1.75. The molecule has 2 aromatic heterocycles. The molecule has 170 valence electrons. The molecule has 0 unspecified atom stereocenters. The second kappa shape index (κ2) is 8.81. The van der Waals surface area contributed by atoms with Gasteiger partial charge in [0.1, 0.15) is 11.6 Å². The van der Waals surface area contributed by atoms with Crippen LogP contribution in [-0.2, 0) is 13.6 Å². The molecule has 33 heavy (non-hydrogen) atoms. The van der Waals surface area contributed by atoms with Crippen molar-refractivity contribution < 1.29 is 22.3 Å². The SMILES string of the molecule is Cn1cc(-c2cn(-c3ccc(OC(F)(F)F)cc3)c(=O)cc2NCc2ccc(F)cc2)cn1. The summed E-state index contributed by atoms with van der Waals surface area (Å²) in [6.45, 7) is 0.348. The van der Waals surface area contributed by atoms with E-state index in [1.54, 1.807) is 42.5 Å². The molecule has 0 saturated carbocycles. The highest BCUT2D eigenvalue weighted by Crippen LogP contribution is 2.28. The summed E-state index contributed by atoms with van der Waals surface area (Å²) in [5, 5.41) is 7.36. The van der Waals surface area contributed by atoms with Crippen LogP contribution in [0.2, 0.25) is 0 Å². The van der Waals surface area contributed by atoms with Gasteiger partial charge < -0.3 is 10.1 Å². The molecule has 1 N–H and O–H groups in total. The van der Waals surface area contributed by atoms with Crippen LogP contribution in [-0.4, -0.2) is 20.7 Å². The van der Waals surface area contributed by atoms with E-state index in [0.717, 1.165) is 23.3 Å². The topological polar surface area (TPSA) is 61.1 Å². The molecule has 0 amide bonds. The lowest BCUT2D eigenvalue weighted by molar-refractivity contribution is -0.274. The third-order valence-electron chi connectivity index (χ3n) is 4.81. The average Bonchev–Trinajstić information content (AvgIpc) is 3.19. The molecule has 6 nitrogen and oxygen atoms in total. The second-order valence-electron chi connectivity index (χ2n) is 7.23. The summed E-state index contributed by atoms with van der Waals surface area (Å²) >= 11 is 0. The smallest absolute Gasteiger partial charge is 0.406 e. The lowest BCUT2D eigenvalue weighted by atomic mass is 10.1. The van der Waals surface area contributed by atoms with Crippen molar-refractivity contribution in [1.29, 1.82) is 0 Å². The van der Waals surface area contributed by atoms with Gasteiger partial charge in [0.15, 0.2) is 0 Å². The van der Waals surface area contributed by atoms with E-state index in [1.807, 2.05) is 0 Å². The predicted octanol–water partition coefficient (Wildman–Crippen LogP) is 4.89. The maximum absolute atomic E-state index is 13.2. The maximum Gasteiger partial charge on any atom is 0.573 e. The maximum atomic E-state index is 13.2. The number of benzene rings is 2. The molecule has 2 heterocycles. The molecule has 0 saturated heterocycles.